The molecule has 1 unspecified atom stereocenters. The number of methoxy groups -OCH3 is 1. The molecule has 0 spiro atoms. The van der Waals surface area contributed by atoms with Crippen LogP contribution in [-0.4, -0.2) is 42.4 Å². The first-order valence-electron chi connectivity index (χ1n) is 4.17. The van der Waals surface area contributed by atoms with Gasteiger partial charge in [-0.3, -0.25) is 4.79 Å². The Morgan fingerprint density at radius 3 is 3.00 bits per heavy atom. The molecule has 4 heteroatoms. The van der Waals surface area contributed by atoms with Gasteiger partial charge in [0.25, 0.3) is 0 Å². The maximum absolute atomic E-state index is 11.3. The first-order valence-corrected chi connectivity index (χ1v) is 5.09. The van der Waals surface area contributed by atoms with Gasteiger partial charge in [0.2, 0.25) is 5.91 Å². The van der Waals surface area contributed by atoms with E-state index in [0.29, 0.717) is 0 Å². The van der Waals surface area contributed by atoms with E-state index in [1.54, 1.807) is 7.11 Å². The summed E-state index contributed by atoms with van der Waals surface area (Å²) in [6, 6.07) is 0. The summed E-state index contributed by atoms with van der Waals surface area (Å²) in [5.41, 5.74) is 0. The van der Waals surface area contributed by atoms with Crippen molar-refractivity contribution in [2.24, 2.45) is 0 Å². The molecule has 0 aromatic rings. The first-order chi connectivity index (χ1) is 5.75. The topological polar surface area (TPSA) is 29.5 Å². The van der Waals surface area contributed by atoms with Crippen molar-refractivity contribution < 1.29 is 9.53 Å². The van der Waals surface area contributed by atoms with Crippen molar-refractivity contribution in [2.45, 2.75) is 17.7 Å². The van der Waals surface area contributed by atoms with Crippen LogP contribution in [0.25, 0.3) is 0 Å². The van der Waals surface area contributed by atoms with Crippen LogP contribution in [0.1, 0.15) is 12.8 Å². The van der Waals surface area contributed by atoms with Crippen LogP contribution in [0.5, 0.6) is 0 Å². The van der Waals surface area contributed by atoms with E-state index in [-0.39, 0.29) is 10.7 Å². The van der Waals surface area contributed by atoms with Crippen molar-refractivity contribution in [3.8, 4) is 0 Å². The van der Waals surface area contributed by atoms with Crippen molar-refractivity contribution >= 4 is 21.8 Å². The number of nitrogens with zero attached hydrogens (tertiary/aromatic N) is 1. The van der Waals surface area contributed by atoms with Gasteiger partial charge in [0.1, 0.15) is 0 Å². The van der Waals surface area contributed by atoms with E-state index in [0.717, 1.165) is 32.5 Å². The van der Waals surface area contributed by atoms with Crippen LogP contribution in [0, 0.1) is 0 Å². The van der Waals surface area contributed by atoms with Gasteiger partial charge in [-0.15, -0.1) is 0 Å². The Morgan fingerprint density at radius 1 is 1.75 bits per heavy atom. The van der Waals surface area contributed by atoms with Crippen molar-refractivity contribution in [1.82, 2.24) is 4.90 Å². The fourth-order valence-corrected chi connectivity index (χ4v) is 1.82. The van der Waals surface area contributed by atoms with E-state index in [2.05, 4.69) is 15.9 Å². The highest BCUT2D eigenvalue weighted by atomic mass is 79.9. The summed E-state index contributed by atoms with van der Waals surface area (Å²) in [5, 5.41) is 0. The van der Waals surface area contributed by atoms with Gasteiger partial charge in [0.05, 0.1) is 4.83 Å². The van der Waals surface area contributed by atoms with Crippen molar-refractivity contribution in [3.63, 3.8) is 0 Å². The number of rotatable bonds is 4. The molecule has 0 radical (unpaired) electrons. The molecule has 1 rings (SSSR count). The Kier molecular flexibility index (Phi) is 4.01. The summed E-state index contributed by atoms with van der Waals surface area (Å²) in [6.45, 7) is 2.45. The van der Waals surface area contributed by atoms with Crippen LogP contribution in [0.15, 0.2) is 0 Å². The number of carbonyl (C=O) groups is 1. The lowest BCUT2D eigenvalue weighted by molar-refractivity contribution is -0.127. The lowest BCUT2D eigenvalue weighted by Crippen LogP contribution is -2.29. The molecule has 70 valence electrons. The molecule has 1 atom stereocenters. The molecular formula is C8H14BrNO2. The smallest absolute Gasteiger partial charge is 0.236 e. The Bertz CT molecular complexity index is 163. The predicted molar refractivity (Wildman–Crippen MR) is 50.4 cm³/mol. The minimum atomic E-state index is 0.0556. The molecule has 1 saturated heterocycles. The highest BCUT2D eigenvalue weighted by Crippen LogP contribution is 2.18. The van der Waals surface area contributed by atoms with Gasteiger partial charge in [-0.05, 0) is 12.8 Å². The van der Waals surface area contributed by atoms with E-state index in [9.17, 15) is 4.79 Å². The number of hydrogen-bond donors (Lipinski definition) is 0. The number of hydrogen-bond acceptors (Lipinski definition) is 2. The lowest BCUT2D eigenvalue weighted by atomic mass is 10.4. The van der Waals surface area contributed by atoms with Crippen molar-refractivity contribution in [3.05, 3.63) is 0 Å². The number of ether oxygens (including phenoxy) is 1. The summed E-state index contributed by atoms with van der Waals surface area (Å²) in [6.07, 6.45) is 1.87. The van der Waals surface area contributed by atoms with Gasteiger partial charge in [-0.25, -0.2) is 0 Å². The Balaban J connectivity index is 2.20. The van der Waals surface area contributed by atoms with E-state index < -0.39 is 0 Å². The number of carbonyl (C=O) groups excluding carboxylic acids is 1. The second kappa shape index (κ2) is 4.82. The maximum atomic E-state index is 11.3. The molecule has 1 aliphatic rings. The molecule has 1 fully saturated rings. The minimum Gasteiger partial charge on any atom is -0.385 e. The minimum absolute atomic E-state index is 0.0556. The van der Waals surface area contributed by atoms with Crippen LogP contribution < -0.4 is 0 Å². The molecular weight excluding hydrogens is 222 g/mol. The molecule has 0 bridgehead atoms. The molecule has 0 aromatic carbocycles. The quantitative estimate of drug-likeness (QED) is 0.538. The highest BCUT2D eigenvalue weighted by molar-refractivity contribution is 9.10. The van der Waals surface area contributed by atoms with E-state index in [4.69, 9.17) is 4.74 Å². The number of amides is 1. The van der Waals surface area contributed by atoms with Crippen LogP contribution in [-0.2, 0) is 9.53 Å². The predicted octanol–water partition coefficient (Wildman–Crippen LogP) is 1.02. The number of halogens is 1. The fourth-order valence-electron chi connectivity index (χ4n) is 1.32. The molecule has 1 aliphatic heterocycles. The van der Waals surface area contributed by atoms with Gasteiger partial charge in [-0.2, -0.15) is 0 Å². The SMILES string of the molecule is COCCCN1CCC(Br)C1=O. The van der Waals surface area contributed by atoms with Crippen LogP contribution in [0.3, 0.4) is 0 Å². The molecule has 1 amide bonds. The summed E-state index contributed by atoms with van der Waals surface area (Å²) >= 11 is 3.33. The summed E-state index contributed by atoms with van der Waals surface area (Å²) < 4.78 is 4.91. The van der Waals surface area contributed by atoms with E-state index in [1.165, 1.54) is 0 Å². The molecule has 0 N–H and O–H groups in total. The van der Waals surface area contributed by atoms with Crippen LogP contribution in [0.4, 0.5) is 0 Å². The average molecular weight is 236 g/mol. The fraction of sp³-hybridized carbons (Fsp3) is 0.875. The normalized spacial score (nSPS) is 23.7. The average Bonchev–Trinajstić information content (AvgIpc) is 2.36. The third-order valence-electron chi connectivity index (χ3n) is 2.01. The van der Waals surface area contributed by atoms with Gasteiger partial charge in [-0.1, -0.05) is 15.9 Å². The monoisotopic (exact) mass is 235 g/mol. The maximum Gasteiger partial charge on any atom is 0.236 e. The van der Waals surface area contributed by atoms with Crippen LogP contribution in [0.2, 0.25) is 0 Å². The molecule has 3 nitrogen and oxygen atoms in total. The zero-order valence-corrected chi connectivity index (χ0v) is 8.84. The summed E-state index contributed by atoms with van der Waals surface area (Å²) in [5.74, 6) is 0.228. The van der Waals surface area contributed by atoms with Crippen molar-refractivity contribution in [2.75, 3.05) is 26.8 Å². The summed E-state index contributed by atoms with van der Waals surface area (Å²) in [7, 11) is 1.68. The van der Waals surface area contributed by atoms with Crippen molar-refractivity contribution in [1.29, 1.82) is 0 Å². The first kappa shape index (κ1) is 9.99. The summed E-state index contributed by atoms with van der Waals surface area (Å²) in [4.78, 5) is 13.3. The van der Waals surface area contributed by atoms with E-state index in [1.807, 2.05) is 4.90 Å². The third kappa shape index (κ3) is 2.45. The van der Waals surface area contributed by atoms with Crippen LogP contribution >= 0.6 is 15.9 Å². The molecule has 1 heterocycles. The van der Waals surface area contributed by atoms with Gasteiger partial charge < -0.3 is 9.64 Å². The standard InChI is InChI=1S/C8H14BrNO2/c1-12-6-2-4-10-5-3-7(9)8(10)11/h7H,2-6H2,1H3. The van der Waals surface area contributed by atoms with Gasteiger partial charge >= 0.3 is 0 Å². The molecule has 0 saturated carbocycles. The molecule has 12 heavy (non-hydrogen) atoms. The third-order valence-corrected chi connectivity index (χ3v) is 2.86. The van der Waals surface area contributed by atoms with Gasteiger partial charge in [0, 0.05) is 26.8 Å². The highest BCUT2D eigenvalue weighted by Gasteiger charge is 2.28. The molecule has 0 aromatic heterocycles. The Hall–Kier alpha value is -0.0900. The number of likely N-dealkylation sites (tertiary alicyclic amines) is 1. The number of alkyl halides is 1. The largest absolute Gasteiger partial charge is 0.385 e. The molecule has 0 aliphatic carbocycles. The van der Waals surface area contributed by atoms with E-state index >= 15 is 0 Å². The second-order valence-electron chi connectivity index (χ2n) is 2.93. The Morgan fingerprint density at radius 2 is 2.50 bits per heavy atom. The second-order valence-corrected chi connectivity index (χ2v) is 4.03. The zero-order valence-electron chi connectivity index (χ0n) is 7.25. The Labute approximate surface area is 81.2 Å². The van der Waals surface area contributed by atoms with Gasteiger partial charge in [0.15, 0.2) is 0 Å². The lowest BCUT2D eigenvalue weighted by Gasteiger charge is -2.14. The zero-order chi connectivity index (χ0) is 8.97.